The summed E-state index contributed by atoms with van der Waals surface area (Å²) in [4.78, 5) is 48.6. The molecule has 37 heavy (non-hydrogen) atoms. The summed E-state index contributed by atoms with van der Waals surface area (Å²) in [6, 6.07) is 3.74. The van der Waals surface area contributed by atoms with Crippen LogP contribution >= 0.6 is 0 Å². The summed E-state index contributed by atoms with van der Waals surface area (Å²) in [6.07, 6.45) is 5.19. The van der Waals surface area contributed by atoms with E-state index in [0.717, 1.165) is 25.7 Å². The van der Waals surface area contributed by atoms with Crippen LogP contribution in [-0.2, 0) is 35.1 Å². The van der Waals surface area contributed by atoms with Gasteiger partial charge in [-0.25, -0.2) is 0 Å². The Morgan fingerprint density at radius 3 is 1.92 bits per heavy atom. The maximum atomic E-state index is 12.4. The van der Waals surface area contributed by atoms with E-state index in [2.05, 4.69) is 0 Å². The third-order valence-corrected chi connectivity index (χ3v) is 5.43. The highest BCUT2D eigenvalue weighted by molar-refractivity contribution is 5.77. The molecule has 208 valence electrons. The van der Waals surface area contributed by atoms with Crippen molar-refractivity contribution in [2.75, 3.05) is 6.61 Å². The Hall–Kier alpha value is -2.94. The molecule has 2 N–H and O–H groups in total. The van der Waals surface area contributed by atoms with Gasteiger partial charge < -0.3 is 24.7 Å². The molecule has 0 heterocycles. The van der Waals surface area contributed by atoms with Gasteiger partial charge in [0.2, 0.25) is 0 Å². The number of esters is 4. The number of nitrogens with two attached hydrogens (primary N) is 1. The van der Waals surface area contributed by atoms with E-state index in [1.807, 2.05) is 13.8 Å². The largest absolute Gasteiger partial charge is 0.461 e. The first-order chi connectivity index (χ1) is 17.6. The van der Waals surface area contributed by atoms with Crippen LogP contribution < -0.4 is 15.2 Å². The van der Waals surface area contributed by atoms with Gasteiger partial charge in [0.05, 0.1) is 5.92 Å². The molecule has 1 aromatic rings. The molecular weight excluding hydrogens is 478 g/mol. The topological polar surface area (TPSA) is 131 Å². The van der Waals surface area contributed by atoms with Crippen LogP contribution in [-0.4, -0.2) is 42.6 Å². The van der Waals surface area contributed by atoms with Crippen LogP contribution in [0.4, 0.5) is 0 Å². The quantitative estimate of drug-likeness (QED) is 0.177. The third kappa shape index (κ3) is 13.3. The average Bonchev–Trinajstić information content (AvgIpc) is 2.84. The van der Waals surface area contributed by atoms with E-state index in [0.29, 0.717) is 18.4 Å². The van der Waals surface area contributed by atoms with Gasteiger partial charge in [0.25, 0.3) is 0 Å². The summed E-state index contributed by atoms with van der Waals surface area (Å²) < 4.78 is 21.3. The Balaban J connectivity index is 2.85. The molecule has 0 amide bonds. The molecule has 0 bridgehead atoms. The van der Waals surface area contributed by atoms with Crippen LogP contribution in [0.25, 0.3) is 0 Å². The number of rotatable bonds is 17. The van der Waals surface area contributed by atoms with E-state index in [-0.39, 0.29) is 49.3 Å². The van der Waals surface area contributed by atoms with Crippen molar-refractivity contribution in [1.29, 1.82) is 0 Å². The number of benzene rings is 1. The molecule has 0 aromatic heterocycles. The standard InChI is InChI=1S/C28H43NO8/c1-6-8-10-12-25(30)36-23-15-14-21(17-24(23)37-26(31)13-11-9-7-2)16-22(29)28(33)34-18-20(5)35-27(32)19(3)4/h14-15,17,19-20,22H,6-13,16,18,29H2,1-5H3/t20-,22-/m0/s1. The van der Waals surface area contributed by atoms with E-state index >= 15 is 0 Å². The maximum Gasteiger partial charge on any atom is 0.323 e. The minimum absolute atomic E-state index is 0.101. The molecule has 0 saturated heterocycles. The fourth-order valence-corrected chi connectivity index (χ4v) is 3.24. The Kier molecular flexibility index (Phi) is 15.2. The van der Waals surface area contributed by atoms with Crippen molar-refractivity contribution in [2.24, 2.45) is 11.7 Å². The van der Waals surface area contributed by atoms with Gasteiger partial charge in [-0.15, -0.1) is 0 Å². The first-order valence-electron chi connectivity index (χ1n) is 13.2. The smallest absolute Gasteiger partial charge is 0.323 e. The Bertz CT molecular complexity index is 883. The minimum atomic E-state index is -0.997. The molecule has 1 rings (SSSR count). The molecule has 0 fully saturated rings. The van der Waals surface area contributed by atoms with Gasteiger partial charge in [0.15, 0.2) is 11.5 Å². The van der Waals surface area contributed by atoms with E-state index in [9.17, 15) is 19.2 Å². The van der Waals surface area contributed by atoms with Crippen molar-refractivity contribution in [3.63, 3.8) is 0 Å². The van der Waals surface area contributed by atoms with Gasteiger partial charge >= 0.3 is 23.9 Å². The Morgan fingerprint density at radius 1 is 0.811 bits per heavy atom. The highest BCUT2D eigenvalue weighted by Crippen LogP contribution is 2.30. The predicted molar refractivity (Wildman–Crippen MR) is 139 cm³/mol. The number of ether oxygens (including phenoxy) is 4. The fourth-order valence-electron chi connectivity index (χ4n) is 3.24. The SMILES string of the molecule is CCCCCC(=O)Oc1ccc(C[C@H](N)C(=O)OC[C@H](C)OC(=O)C(C)C)cc1OC(=O)CCCCC. The maximum absolute atomic E-state index is 12.4. The zero-order valence-electron chi connectivity index (χ0n) is 22.9. The van der Waals surface area contributed by atoms with Crippen LogP contribution in [0.5, 0.6) is 11.5 Å². The lowest BCUT2D eigenvalue weighted by Crippen LogP contribution is -2.36. The van der Waals surface area contributed by atoms with Crippen LogP contribution in [0, 0.1) is 5.92 Å². The Morgan fingerprint density at radius 2 is 1.38 bits per heavy atom. The Labute approximate surface area is 220 Å². The van der Waals surface area contributed by atoms with Gasteiger partial charge in [0, 0.05) is 12.8 Å². The number of carbonyl (C=O) groups is 4. The predicted octanol–water partition coefficient (Wildman–Crippen LogP) is 4.66. The highest BCUT2D eigenvalue weighted by Gasteiger charge is 2.21. The number of hydrogen-bond donors (Lipinski definition) is 1. The molecule has 0 saturated carbocycles. The number of unbranched alkanes of at least 4 members (excludes halogenated alkanes) is 4. The van der Waals surface area contributed by atoms with Crippen molar-refractivity contribution in [3.8, 4) is 11.5 Å². The summed E-state index contributed by atoms with van der Waals surface area (Å²) >= 11 is 0. The lowest BCUT2D eigenvalue weighted by molar-refractivity contribution is -0.161. The first-order valence-corrected chi connectivity index (χ1v) is 13.2. The number of carbonyl (C=O) groups excluding carboxylic acids is 4. The van der Waals surface area contributed by atoms with Crippen molar-refractivity contribution in [2.45, 2.75) is 105 Å². The van der Waals surface area contributed by atoms with Crippen molar-refractivity contribution >= 4 is 23.9 Å². The third-order valence-electron chi connectivity index (χ3n) is 5.43. The van der Waals surface area contributed by atoms with Crippen LogP contribution in [0.15, 0.2) is 18.2 Å². The molecule has 2 atom stereocenters. The molecule has 9 nitrogen and oxygen atoms in total. The average molecular weight is 522 g/mol. The molecule has 1 aromatic carbocycles. The van der Waals surface area contributed by atoms with Crippen LogP contribution in [0.1, 0.15) is 91.5 Å². The van der Waals surface area contributed by atoms with Crippen LogP contribution in [0.3, 0.4) is 0 Å². The van der Waals surface area contributed by atoms with E-state index in [4.69, 9.17) is 24.7 Å². The van der Waals surface area contributed by atoms with Crippen molar-refractivity contribution < 1.29 is 38.1 Å². The molecule has 0 aliphatic heterocycles. The molecular formula is C28H43NO8. The molecule has 0 aliphatic rings. The second-order valence-electron chi connectivity index (χ2n) is 9.49. The van der Waals surface area contributed by atoms with Gasteiger partial charge in [-0.3, -0.25) is 19.2 Å². The molecule has 9 heteroatoms. The summed E-state index contributed by atoms with van der Waals surface area (Å²) in [5.41, 5.74) is 6.63. The lowest BCUT2D eigenvalue weighted by Gasteiger charge is -2.17. The summed E-state index contributed by atoms with van der Waals surface area (Å²) in [7, 11) is 0. The van der Waals surface area contributed by atoms with Gasteiger partial charge in [-0.05, 0) is 43.9 Å². The minimum Gasteiger partial charge on any atom is -0.461 e. The zero-order chi connectivity index (χ0) is 27.8. The second kappa shape index (κ2) is 17.5. The second-order valence-corrected chi connectivity index (χ2v) is 9.49. The summed E-state index contributed by atoms with van der Waals surface area (Å²) in [6.45, 7) is 9.03. The fraction of sp³-hybridized carbons (Fsp3) is 0.643. The van der Waals surface area contributed by atoms with Gasteiger partial charge in [-0.2, -0.15) is 0 Å². The molecule has 0 aliphatic carbocycles. The summed E-state index contributed by atoms with van der Waals surface area (Å²) in [5, 5.41) is 0. The first kappa shape index (κ1) is 32.1. The lowest BCUT2D eigenvalue weighted by atomic mass is 10.1. The van der Waals surface area contributed by atoms with E-state index < -0.39 is 30.1 Å². The molecule has 0 radical (unpaired) electrons. The van der Waals surface area contributed by atoms with Crippen molar-refractivity contribution in [1.82, 2.24) is 0 Å². The number of hydrogen-bond acceptors (Lipinski definition) is 9. The van der Waals surface area contributed by atoms with Crippen LogP contribution in [0.2, 0.25) is 0 Å². The highest BCUT2D eigenvalue weighted by atomic mass is 16.6. The van der Waals surface area contributed by atoms with Gasteiger partial charge in [0.1, 0.15) is 18.8 Å². The molecule has 0 unspecified atom stereocenters. The summed E-state index contributed by atoms with van der Waals surface area (Å²) in [5.74, 6) is -1.90. The van der Waals surface area contributed by atoms with Gasteiger partial charge in [-0.1, -0.05) is 59.4 Å². The normalized spacial score (nSPS) is 12.5. The zero-order valence-corrected chi connectivity index (χ0v) is 22.9. The van der Waals surface area contributed by atoms with Crippen molar-refractivity contribution in [3.05, 3.63) is 23.8 Å². The monoisotopic (exact) mass is 521 g/mol. The van der Waals surface area contributed by atoms with E-state index in [1.165, 1.54) is 6.07 Å². The molecule has 0 spiro atoms. The van der Waals surface area contributed by atoms with E-state index in [1.54, 1.807) is 32.9 Å².